The maximum atomic E-state index is 12.2. The fourth-order valence-corrected chi connectivity index (χ4v) is 3.29. The van der Waals surface area contributed by atoms with Gasteiger partial charge in [-0.1, -0.05) is 16.8 Å². The lowest BCUT2D eigenvalue weighted by molar-refractivity contribution is -0.154. The zero-order valence-corrected chi connectivity index (χ0v) is 17.9. The van der Waals surface area contributed by atoms with Gasteiger partial charge in [0.15, 0.2) is 5.60 Å². The molecule has 0 saturated carbocycles. The average molecular weight is 437 g/mol. The van der Waals surface area contributed by atoms with E-state index in [1.807, 2.05) is 0 Å². The van der Waals surface area contributed by atoms with E-state index in [0.717, 1.165) is 6.21 Å². The summed E-state index contributed by atoms with van der Waals surface area (Å²) in [6.07, 6.45) is 2.41. The molecule has 0 aromatic heterocycles. The Morgan fingerprint density at radius 3 is 2.53 bits per heavy atom. The Hall–Kier alpha value is -2.84. The van der Waals surface area contributed by atoms with Gasteiger partial charge in [0.05, 0.1) is 11.9 Å². The van der Waals surface area contributed by atoms with E-state index < -0.39 is 23.3 Å². The maximum Gasteiger partial charge on any atom is 0.412 e. The van der Waals surface area contributed by atoms with Gasteiger partial charge in [0.1, 0.15) is 5.60 Å². The van der Waals surface area contributed by atoms with Crippen LogP contribution in [0, 0.1) is 0 Å². The summed E-state index contributed by atoms with van der Waals surface area (Å²) in [6.45, 7) is 6.74. The third-order valence-electron chi connectivity index (χ3n) is 4.67. The van der Waals surface area contributed by atoms with E-state index in [0.29, 0.717) is 39.4 Å². The molecule has 0 fully saturated rings. The topological polar surface area (TPSA) is 128 Å². The molecule has 1 amide bonds. The van der Waals surface area contributed by atoms with Crippen molar-refractivity contribution in [2.75, 3.05) is 5.32 Å². The Balaban J connectivity index is 2.52. The van der Waals surface area contributed by atoms with Crippen LogP contribution >= 0.6 is 11.6 Å². The number of carboxylic acid groups (broad SMARTS) is 1. The molecule has 0 heterocycles. The second kappa shape index (κ2) is 8.89. The van der Waals surface area contributed by atoms with Crippen molar-refractivity contribution in [2.45, 2.75) is 51.7 Å². The number of carbonyl (C=O) groups is 2. The number of ether oxygens (including phenoxy) is 1. The monoisotopic (exact) mass is 436 g/mol. The van der Waals surface area contributed by atoms with Crippen LogP contribution in [0.5, 0.6) is 0 Å². The van der Waals surface area contributed by atoms with Gasteiger partial charge in [0.2, 0.25) is 0 Å². The lowest BCUT2D eigenvalue weighted by atomic mass is 9.96. The highest BCUT2D eigenvalue weighted by Crippen LogP contribution is 2.38. The number of carboxylic acids is 1. The summed E-state index contributed by atoms with van der Waals surface area (Å²) in [5, 5.41) is 35.0. The molecule has 1 aliphatic rings. The van der Waals surface area contributed by atoms with Crippen molar-refractivity contribution < 1.29 is 29.7 Å². The lowest BCUT2D eigenvalue weighted by Gasteiger charge is -2.20. The molecule has 9 heteroatoms. The molecule has 30 heavy (non-hydrogen) atoms. The molecule has 0 radical (unpaired) electrons. The zero-order chi connectivity index (χ0) is 22.7. The van der Waals surface area contributed by atoms with Crippen LogP contribution < -0.4 is 5.32 Å². The first kappa shape index (κ1) is 23.4. The number of aliphatic hydroxyl groups is 1. The fourth-order valence-electron chi connectivity index (χ4n) is 3.12. The predicted molar refractivity (Wildman–Crippen MR) is 114 cm³/mol. The van der Waals surface area contributed by atoms with Crippen LogP contribution in [0.4, 0.5) is 10.5 Å². The molecular formula is C21H25ClN2O6. The Morgan fingerprint density at radius 1 is 1.33 bits per heavy atom. The molecule has 2 rings (SSSR count). The van der Waals surface area contributed by atoms with Gasteiger partial charge in [0, 0.05) is 16.2 Å². The first-order valence-corrected chi connectivity index (χ1v) is 9.60. The van der Waals surface area contributed by atoms with Crippen LogP contribution in [-0.4, -0.2) is 44.9 Å². The molecular weight excluding hydrogens is 412 g/mol. The van der Waals surface area contributed by atoms with Gasteiger partial charge in [-0.25, -0.2) is 9.59 Å². The maximum absolute atomic E-state index is 12.2. The minimum Gasteiger partial charge on any atom is -0.479 e. The molecule has 1 unspecified atom stereocenters. The SMILES string of the molecule is CC1=C(/C=C(\C=N\O)c2cc(Cl)ccc2NC(=O)OC(C)(C)C)CCC1(O)C(=O)O. The number of hydrogen-bond acceptors (Lipinski definition) is 6. The molecule has 0 bridgehead atoms. The van der Waals surface area contributed by atoms with Crippen LogP contribution in [0.2, 0.25) is 5.02 Å². The number of anilines is 1. The van der Waals surface area contributed by atoms with Gasteiger partial charge < -0.3 is 20.2 Å². The van der Waals surface area contributed by atoms with Gasteiger partial charge in [0.25, 0.3) is 0 Å². The first-order chi connectivity index (χ1) is 13.9. The number of nitrogens with zero attached hydrogens (tertiary/aromatic N) is 1. The number of amides is 1. The van der Waals surface area contributed by atoms with Crippen LogP contribution in [0.1, 0.15) is 46.1 Å². The van der Waals surface area contributed by atoms with E-state index in [1.54, 1.807) is 52.0 Å². The Morgan fingerprint density at radius 2 is 2.00 bits per heavy atom. The largest absolute Gasteiger partial charge is 0.479 e. The molecule has 4 N–H and O–H groups in total. The second-order valence-corrected chi connectivity index (χ2v) is 8.41. The van der Waals surface area contributed by atoms with E-state index in [2.05, 4.69) is 10.5 Å². The van der Waals surface area contributed by atoms with Crippen molar-refractivity contribution in [1.29, 1.82) is 0 Å². The smallest absolute Gasteiger partial charge is 0.412 e. The summed E-state index contributed by atoms with van der Waals surface area (Å²) in [5.41, 5.74) is -0.633. The quantitative estimate of drug-likeness (QED) is 0.306. The number of benzene rings is 1. The van der Waals surface area contributed by atoms with Crippen LogP contribution in [-0.2, 0) is 9.53 Å². The van der Waals surface area contributed by atoms with Gasteiger partial charge in [-0.05, 0) is 76.0 Å². The minimum atomic E-state index is -1.95. The lowest BCUT2D eigenvalue weighted by Crippen LogP contribution is -2.37. The standard InChI is InChI=1S/C21H25ClN2O6/c1-12-13(7-8-21(12,28)18(25)26)9-14(11-23-29)16-10-15(22)5-6-17(16)24-19(27)30-20(2,3)4/h5-6,9-11,28-29H,7-8H2,1-4H3,(H,24,27)(H,25,26)/b14-9+,23-11+. The summed E-state index contributed by atoms with van der Waals surface area (Å²) >= 11 is 6.13. The summed E-state index contributed by atoms with van der Waals surface area (Å²) in [4.78, 5) is 23.7. The minimum absolute atomic E-state index is 0.0299. The summed E-state index contributed by atoms with van der Waals surface area (Å²) in [5.74, 6) is -1.32. The molecule has 0 aliphatic heterocycles. The number of oxime groups is 1. The highest BCUT2D eigenvalue weighted by Gasteiger charge is 2.43. The molecule has 1 atom stereocenters. The third kappa shape index (κ3) is 5.40. The van der Waals surface area contributed by atoms with Crippen molar-refractivity contribution in [3.05, 3.63) is 46.0 Å². The van der Waals surface area contributed by atoms with Crippen LogP contribution in [0.15, 0.2) is 40.6 Å². The third-order valence-corrected chi connectivity index (χ3v) is 4.90. The van der Waals surface area contributed by atoms with E-state index in [9.17, 15) is 19.8 Å². The number of allylic oxidation sites excluding steroid dienone is 3. The summed E-state index contributed by atoms with van der Waals surface area (Å²) < 4.78 is 5.28. The molecule has 1 aromatic rings. The normalized spacial score (nSPS) is 20.0. The molecule has 0 saturated heterocycles. The Bertz CT molecular complexity index is 945. The number of halogens is 1. The number of carbonyl (C=O) groups excluding carboxylic acids is 1. The van der Waals surface area contributed by atoms with Gasteiger partial charge in [-0.15, -0.1) is 0 Å². The van der Waals surface area contributed by atoms with Gasteiger partial charge in [-0.2, -0.15) is 0 Å². The van der Waals surface area contributed by atoms with Crippen LogP contribution in [0.25, 0.3) is 5.57 Å². The first-order valence-electron chi connectivity index (χ1n) is 9.22. The summed E-state index contributed by atoms with van der Waals surface area (Å²) in [6, 6.07) is 4.72. The highest BCUT2D eigenvalue weighted by atomic mass is 35.5. The number of aliphatic carboxylic acids is 1. The highest BCUT2D eigenvalue weighted by molar-refractivity contribution is 6.31. The number of rotatable bonds is 5. The van der Waals surface area contributed by atoms with E-state index in [-0.39, 0.29) is 6.42 Å². The zero-order valence-electron chi connectivity index (χ0n) is 17.2. The van der Waals surface area contributed by atoms with Crippen molar-refractivity contribution in [3.63, 3.8) is 0 Å². The van der Waals surface area contributed by atoms with Gasteiger partial charge in [-0.3, -0.25) is 5.32 Å². The number of nitrogens with one attached hydrogen (secondary N) is 1. The molecule has 162 valence electrons. The second-order valence-electron chi connectivity index (χ2n) is 7.98. The number of hydrogen-bond donors (Lipinski definition) is 4. The van der Waals surface area contributed by atoms with Crippen LogP contribution in [0.3, 0.4) is 0 Å². The van der Waals surface area contributed by atoms with E-state index in [4.69, 9.17) is 21.5 Å². The van der Waals surface area contributed by atoms with E-state index >= 15 is 0 Å². The fraction of sp³-hybridized carbons (Fsp3) is 0.381. The van der Waals surface area contributed by atoms with Crippen molar-refractivity contribution >= 4 is 41.1 Å². The summed E-state index contributed by atoms with van der Waals surface area (Å²) in [7, 11) is 0. The van der Waals surface area contributed by atoms with E-state index in [1.165, 1.54) is 0 Å². The molecule has 1 aromatic carbocycles. The van der Waals surface area contributed by atoms with Crippen molar-refractivity contribution in [2.24, 2.45) is 5.16 Å². The Labute approximate surface area is 179 Å². The predicted octanol–water partition coefficient (Wildman–Crippen LogP) is 4.46. The molecule has 1 aliphatic carbocycles. The molecule has 0 spiro atoms. The van der Waals surface area contributed by atoms with Gasteiger partial charge >= 0.3 is 12.1 Å². The Kier molecular flexibility index (Phi) is 6.95. The average Bonchev–Trinajstić information content (AvgIpc) is 2.91. The van der Waals surface area contributed by atoms with Crippen molar-refractivity contribution in [1.82, 2.24) is 0 Å². The van der Waals surface area contributed by atoms with Crippen molar-refractivity contribution in [3.8, 4) is 0 Å². The molecule has 8 nitrogen and oxygen atoms in total.